The first kappa shape index (κ1) is 14.7. The number of rotatable bonds is 7. The highest BCUT2D eigenvalue weighted by atomic mass is 15.2. The summed E-state index contributed by atoms with van der Waals surface area (Å²) in [6.07, 6.45) is 5.74. The minimum Gasteiger partial charge on any atom is -0.364 e. The van der Waals surface area contributed by atoms with Crippen LogP contribution in [0.2, 0.25) is 0 Å². The molecule has 0 aliphatic rings. The first-order valence-corrected chi connectivity index (χ1v) is 6.60. The van der Waals surface area contributed by atoms with Gasteiger partial charge in [-0.25, -0.2) is 0 Å². The first-order chi connectivity index (χ1) is 8.56. The summed E-state index contributed by atoms with van der Waals surface area (Å²) in [6.45, 7) is 14.2. The summed E-state index contributed by atoms with van der Waals surface area (Å²) in [7, 11) is 0. The molecule has 3 nitrogen and oxygen atoms in total. The van der Waals surface area contributed by atoms with Crippen LogP contribution in [-0.4, -0.2) is 23.6 Å². The Hall–Kier alpha value is -1.35. The predicted molar refractivity (Wildman–Crippen MR) is 78.9 cm³/mol. The van der Waals surface area contributed by atoms with Crippen LogP contribution < -0.4 is 10.2 Å². The number of hydrogen-bond donors (Lipinski definition) is 1. The Labute approximate surface area is 111 Å². The predicted octanol–water partition coefficient (Wildman–Crippen LogP) is 2.98. The van der Waals surface area contributed by atoms with Gasteiger partial charge in [0.15, 0.2) is 0 Å². The van der Waals surface area contributed by atoms with Crippen LogP contribution in [0.15, 0.2) is 31.1 Å². The van der Waals surface area contributed by atoms with Gasteiger partial charge in [0.2, 0.25) is 0 Å². The number of hydrogen-bond acceptors (Lipinski definition) is 3. The van der Waals surface area contributed by atoms with Gasteiger partial charge in [0.1, 0.15) is 0 Å². The third-order valence-corrected chi connectivity index (χ3v) is 2.85. The molecule has 0 atom stereocenters. The van der Waals surface area contributed by atoms with Crippen LogP contribution in [-0.2, 0) is 6.54 Å². The molecule has 0 radical (unpaired) electrons. The van der Waals surface area contributed by atoms with Crippen LogP contribution >= 0.6 is 0 Å². The molecule has 0 aliphatic carbocycles. The van der Waals surface area contributed by atoms with Crippen molar-refractivity contribution in [1.29, 1.82) is 0 Å². The van der Waals surface area contributed by atoms with Crippen LogP contribution in [0.3, 0.4) is 0 Å². The van der Waals surface area contributed by atoms with E-state index in [2.05, 4.69) is 55.5 Å². The smallest absolute Gasteiger partial charge is 0.0603 e. The lowest BCUT2D eigenvalue weighted by Crippen LogP contribution is -2.32. The maximum atomic E-state index is 4.25. The summed E-state index contributed by atoms with van der Waals surface area (Å²) in [6, 6.07) is 3.01. The van der Waals surface area contributed by atoms with Gasteiger partial charge in [-0.15, -0.1) is 6.58 Å². The van der Waals surface area contributed by atoms with E-state index in [9.17, 15) is 0 Å². The van der Waals surface area contributed by atoms with Crippen LogP contribution in [0.1, 0.15) is 33.3 Å². The van der Waals surface area contributed by atoms with E-state index in [0.29, 0.717) is 12.1 Å². The maximum absolute atomic E-state index is 4.25. The van der Waals surface area contributed by atoms with Gasteiger partial charge in [-0.1, -0.05) is 19.9 Å². The fourth-order valence-electron chi connectivity index (χ4n) is 1.86. The van der Waals surface area contributed by atoms with Gasteiger partial charge in [-0.05, 0) is 25.5 Å². The molecule has 0 unspecified atom stereocenters. The molecule has 3 heteroatoms. The molecule has 100 valence electrons. The van der Waals surface area contributed by atoms with E-state index in [4.69, 9.17) is 0 Å². The molecule has 0 amide bonds. The largest absolute Gasteiger partial charge is 0.364 e. The molecule has 0 saturated heterocycles. The quantitative estimate of drug-likeness (QED) is 0.751. The molecule has 0 fully saturated rings. The molecule has 1 aromatic heterocycles. The molecular formula is C15H25N3. The maximum Gasteiger partial charge on any atom is 0.0603 e. The first-order valence-electron chi connectivity index (χ1n) is 6.60. The highest BCUT2D eigenvalue weighted by molar-refractivity contribution is 5.52. The van der Waals surface area contributed by atoms with Crippen molar-refractivity contribution in [2.24, 2.45) is 0 Å². The van der Waals surface area contributed by atoms with E-state index in [-0.39, 0.29) is 0 Å². The summed E-state index contributed by atoms with van der Waals surface area (Å²) in [5.74, 6) is 0. The molecule has 0 spiro atoms. The molecule has 0 aliphatic heterocycles. The topological polar surface area (TPSA) is 28.2 Å². The Bertz CT molecular complexity index is 372. The molecule has 1 N–H and O–H groups in total. The second-order valence-electron chi connectivity index (χ2n) is 5.07. The molecule has 0 bridgehead atoms. The van der Waals surface area contributed by atoms with E-state index in [0.717, 1.165) is 13.1 Å². The summed E-state index contributed by atoms with van der Waals surface area (Å²) in [5, 5.41) is 3.46. The summed E-state index contributed by atoms with van der Waals surface area (Å²) in [5.41, 5.74) is 2.48. The van der Waals surface area contributed by atoms with E-state index in [1.54, 1.807) is 0 Å². The molecule has 1 aromatic rings. The minimum atomic E-state index is 0.435. The third-order valence-electron chi connectivity index (χ3n) is 2.85. The average Bonchev–Trinajstić information content (AvgIpc) is 2.33. The van der Waals surface area contributed by atoms with Crippen molar-refractivity contribution in [2.45, 2.75) is 46.3 Å². The number of nitrogens with one attached hydrogen (secondary N) is 1. The van der Waals surface area contributed by atoms with Crippen LogP contribution in [0.25, 0.3) is 0 Å². The summed E-state index contributed by atoms with van der Waals surface area (Å²) < 4.78 is 0. The van der Waals surface area contributed by atoms with Crippen molar-refractivity contribution < 1.29 is 0 Å². The molecule has 0 saturated carbocycles. The monoisotopic (exact) mass is 247 g/mol. The minimum absolute atomic E-state index is 0.435. The van der Waals surface area contributed by atoms with Crippen molar-refractivity contribution in [3.8, 4) is 0 Å². The molecule has 0 aromatic carbocycles. The Morgan fingerprint density at radius 2 is 2.11 bits per heavy atom. The van der Waals surface area contributed by atoms with Crippen molar-refractivity contribution in [2.75, 3.05) is 11.4 Å². The zero-order valence-electron chi connectivity index (χ0n) is 12.0. The van der Waals surface area contributed by atoms with Crippen molar-refractivity contribution in [3.63, 3.8) is 0 Å². The molecule has 18 heavy (non-hydrogen) atoms. The Kier molecular flexibility index (Phi) is 5.86. The zero-order valence-corrected chi connectivity index (χ0v) is 12.0. The van der Waals surface area contributed by atoms with E-state index in [1.807, 2.05) is 18.5 Å². The lowest BCUT2D eigenvalue weighted by atomic mass is 10.1. The lowest BCUT2D eigenvalue weighted by Gasteiger charge is -2.29. The SMILES string of the molecule is C=CCN(c1cnccc1CNC(C)C)C(C)C. The number of aromatic nitrogens is 1. The van der Waals surface area contributed by atoms with Gasteiger partial charge >= 0.3 is 0 Å². The highest BCUT2D eigenvalue weighted by Gasteiger charge is 2.13. The summed E-state index contributed by atoms with van der Waals surface area (Å²) >= 11 is 0. The Morgan fingerprint density at radius 3 is 2.67 bits per heavy atom. The fourth-order valence-corrected chi connectivity index (χ4v) is 1.86. The van der Waals surface area contributed by atoms with Gasteiger partial charge in [-0.2, -0.15) is 0 Å². The van der Waals surface area contributed by atoms with E-state index < -0.39 is 0 Å². The Balaban J connectivity index is 2.94. The van der Waals surface area contributed by atoms with Gasteiger partial charge in [0.05, 0.1) is 11.9 Å². The number of nitrogens with zero attached hydrogens (tertiary/aromatic N) is 2. The molecular weight excluding hydrogens is 222 g/mol. The molecule has 1 rings (SSSR count). The van der Waals surface area contributed by atoms with Gasteiger partial charge in [0, 0.05) is 31.4 Å². The number of anilines is 1. The fraction of sp³-hybridized carbons (Fsp3) is 0.533. The molecule has 1 heterocycles. The number of pyridine rings is 1. The van der Waals surface area contributed by atoms with Crippen molar-refractivity contribution >= 4 is 5.69 Å². The Morgan fingerprint density at radius 1 is 1.39 bits per heavy atom. The summed E-state index contributed by atoms with van der Waals surface area (Å²) in [4.78, 5) is 6.57. The van der Waals surface area contributed by atoms with Crippen LogP contribution in [0.4, 0.5) is 5.69 Å². The van der Waals surface area contributed by atoms with Crippen molar-refractivity contribution in [1.82, 2.24) is 10.3 Å². The third kappa shape index (κ3) is 4.15. The highest BCUT2D eigenvalue weighted by Crippen LogP contribution is 2.21. The standard InChI is InChI=1S/C15H25N3/c1-6-9-18(13(4)5)15-11-16-8-7-14(15)10-17-12(2)3/h6-8,11-13,17H,1,9-10H2,2-5H3. The second-order valence-corrected chi connectivity index (χ2v) is 5.07. The normalized spacial score (nSPS) is 11.0. The average molecular weight is 247 g/mol. The second kappa shape index (κ2) is 7.17. The van der Waals surface area contributed by atoms with Gasteiger partial charge in [0.25, 0.3) is 0 Å². The zero-order chi connectivity index (χ0) is 13.5. The van der Waals surface area contributed by atoms with Gasteiger partial charge in [-0.3, -0.25) is 4.98 Å². The van der Waals surface area contributed by atoms with Gasteiger partial charge < -0.3 is 10.2 Å². The van der Waals surface area contributed by atoms with E-state index >= 15 is 0 Å². The lowest BCUT2D eigenvalue weighted by molar-refractivity contribution is 0.586. The van der Waals surface area contributed by atoms with Crippen molar-refractivity contribution in [3.05, 3.63) is 36.7 Å². The van der Waals surface area contributed by atoms with E-state index in [1.165, 1.54) is 11.3 Å². The van der Waals surface area contributed by atoms with Crippen LogP contribution in [0.5, 0.6) is 0 Å². The van der Waals surface area contributed by atoms with Crippen LogP contribution in [0, 0.1) is 0 Å².